The number of halogens is 2. The van der Waals surface area contributed by atoms with Crippen LogP contribution in [0.4, 0.5) is 4.39 Å². The zero-order chi connectivity index (χ0) is 21.6. The lowest BCUT2D eigenvalue weighted by Gasteiger charge is -2.29. The van der Waals surface area contributed by atoms with Gasteiger partial charge < -0.3 is 15.0 Å². The maximum Gasteiger partial charge on any atom is 0.242 e. The summed E-state index contributed by atoms with van der Waals surface area (Å²) >= 11 is 6.08. The van der Waals surface area contributed by atoms with E-state index in [1.54, 1.807) is 26.2 Å². The fourth-order valence-corrected chi connectivity index (χ4v) is 3.14. The topological polar surface area (TPSA) is 58.6 Å². The van der Waals surface area contributed by atoms with E-state index >= 15 is 0 Å². The Kier molecular flexibility index (Phi) is 8.02. The molecular formula is C22H26ClFN2O3. The van der Waals surface area contributed by atoms with Crippen LogP contribution < -0.4 is 10.1 Å². The maximum absolute atomic E-state index is 14.2. The number of hydrogen-bond acceptors (Lipinski definition) is 3. The normalized spacial score (nSPS) is 11.8. The number of amides is 2. The van der Waals surface area contributed by atoms with E-state index in [1.807, 2.05) is 26.0 Å². The SMILES string of the molecule is COc1cccc(CN(C(=O)Cc2c(F)cccc2Cl)C(C)C(=O)NC(C)C)c1. The molecule has 0 spiro atoms. The van der Waals surface area contributed by atoms with E-state index in [0.717, 1.165) is 5.56 Å². The average molecular weight is 421 g/mol. The minimum atomic E-state index is -0.748. The first-order valence-corrected chi connectivity index (χ1v) is 9.76. The molecule has 2 amide bonds. The molecule has 0 heterocycles. The first-order valence-electron chi connectivity index (χ1n) is 9.38. The lowest BCUT2D eigenvalue weighted by atomic mass is 10.1. The van der Waals surface area contributed by atoms with E-state index in [4.69, 9.17) is 16.3 Å². The number of ether oxygens (including phenoxy) is 1. The van der Waals surface area contributed by atoms with Crippen LogP contribution in [0.25, 0.3) is 0 Å². The summed E-state index contributed by atoms with van der Waals surface area (Å²) in [4.78, 5) is 27.1. The summed E-state index contributed by atoms with van der Waals surface area (Å²) in [7, 11) is 1.56. The highest BCUT2D eigenvalue weighted by molar-refractivity contribution is 6.31. The molecule has 0 saturated heterocycles. The molecule has 5 nitrogen and oxygen atoms in total. The molecule has 0 aromatic heterocycles. The van der Waals surface area contributed by atoms with Crippen LogP contribution in [0.2, 0.25) is 5.02 Å². The Hall–Kier alpha value is -2.60. The van der Waals surface area contributed by atoms with Crippen molar-refractivity contribution in [2.75, 3.05) is 7.11 Å². The lowest BCUT2D eigenvalue weighted by Crippen LogP contribution is -2.49. The van der Waals surface area contributed by atoms with Crippen molar-refractivity contribution in [1.82, 2.24) is 10.2 Å². The molecule has 2 aromatic rings. The monoisotopic (exact) mass is 420 g/mol. The second-order valence-electron chi connectivity index (χ2n) is 7.09. The Morgan fingerprint density at radius 3 is 2.48 bits per heavy atom. The van der Waals surface area contributed by atoms with E-state index in [2.05, 4.69) is 5.32 Å². The molecule has 1 atom stereocenters. The molecule has 0 saturated carbocycles. The van der Waals surface area contributed by atoms with Crippen molar-refractivity contribution < 1.29 is 18.7 Å². The molecule has 0 radical (unpaired) electrons. The summed E-state index contributed by atoms with van der Waals surface area (Å²) in [6, 6.07) is 10.7. The van der Waals surface area contributed by atoms with Gasteiger partial charge in [-0.3, -0.25) is 9.59 Å². The molecule has 156 valence electrons. The van der Waals surface area contributed by atoms with Crippen LogP contribution >= 0.6 is 11.6 Å². The summed E-state index contributed by atoms with van der Waals surface area (Å²) < 4.78 is 19.4. The van der Waals surface area contributed by atoms with Crippen molar-refractivity contribution >= 4 is 23.4 Å². The third-order valence-electron chi connectivity index (χ3n) is 4.47. The molecular weight excluding hydrogens is 395 g/mol. The molecule has 7 heteroatoms. The Morgan fingerprint density at radius 1 is 1.17 bits per heavy atom. The van der Waals surface area contributed by atoms with Crippen LogP contribution in [0.5, 0.6) is 5.75 Å². The molecule has 0 aliphatic rings. The van der Waals surface area contributed by atoms with Crippen LogP contribution in [0, 0.1) is 5.82 Å². The predicted molar refractivity (Wildman–Crippen MR) is 111 cm³/mol. The number of methoxy groups -OCH3 is 1. The number of rotatable bonds is 8. The van der Waals surface area contributed by atoms with E-state index in [1.165, 1.54) is 23.1 Å². The Morgan fingerprint density at radius 2 is 1.86 bits per heavy atom. The highest BCUT2D eigenvalue weighted by atomic mass is 35.5. The van der Waals surface area contributed by atoms with Crippen molar-refractivity contribution in [3.63, 3.8) is 0 Å². The lowest BCUT2D eigenvalue weighted by molar-refractivity contribution is -0.140. The van der Waals surface area contributed by atoms with E-state index < -0.39 is 17.8 Å². The van der Waals surface area contributed by atoms with Crippen molar-refractivity contribution in [3.8, 4) is 5.75 Å². The minimum absolute atomic E-state index is 0.0697. The summed E-state index contributed by atoms with van der Waals surface area (Å²) in [5.74, 6) is -0.583. The smallest absolute Gasteiger partial charge is 0.242 e. The highest BCUT2D eigenvalue weighted by Gasteiger charge is 2.27. The molecule has 29 heavy (non-hydrogen) atoms. The van der Waals surface area contributed by atoms with Gasteiger partial charge in [-0.15, -0.1) is 0 Å². The quantitative estimate of drug-likeness (QED) is 0.702. The number of carbonyl (C=O) groups is 2. The summed E-state index contributed by atoms with van der Waals surface area (Å²) in [6.45, 7) is 5.52. The number of nitrogens with one attached hydrogen (secondary N) is 1. The third-order valence-corrected chi connectivity index (χ3v) is 4.83. The number of hydrogen-bond donors (Lipinski definition) is 1. The van der Waals surface area contributed by atoms with Gasteiger partial charge in [0.1, 0.15) is 17.6 Å². The van der Waals surface area contributed by atoms with Gasteiger partial charge in [0.05, 0.1) is 13.5 Å². The van der Waals surface area contributed by atoms with Gasteiger partial charge in [-0.25, -0.2) is 4.39 Å². The summed E-state index contributed by atoms with van der Waals surface area (Å²) in [6.07, 6.45) is -0.241. The van der Waals surface area contributed by atoms with Crippen LogP contribution in [-0.2, 0) is 22.6 Å². The minimum Gasteiger partial charge on any atom is -0.497 e. The number of carbonyl (C=O) groups excluding carboxylic acids is 2. The predicted octanol–water partition coefficient (Wildman–Crippen LogP) is 3.97. The largest absolute Gasteiger partial charge is 0.497 e. The van der Waals surface area contributed by atoms with Gasteiger partial charge in [0.25, 0.3) is 0 Å². The fourth-order valence-electron chi connectivity index (χ4n) is 2.91. The van der Waals surface area contributed by atoms with Crippen molar-refractivity contribution in [3.05, 3.63) is 64.4 Å². The summed E-state index contributed by atoms with van der Waals surface area (Å²) in [5, 5.41) is 2.99. The van der Waals surface area contributed by atoms with E-state index in [0.29, 0.717) is 5.75 Å². The van der Waals surface area contributed by atoms with Crippen molar-refractivity contribution in [2.24, 2.45) is 0 Å². The zero-order valence-electron chi connectivity index (χ0n) is 17.0. The molecule has 2 aromatic carbocycles. The first-order chi connectivity index (χ1) is 13.7. The molecule has 0 bridgehead atoms. The van der Waals surface area contributed by atoms with Gasteiger partial charge >= 0.3 is 0 Å². The van der Waals surface area contributed by atoms with Crippen LogP contribution in [0.1, 0.15) is 31.9 Å². The third kappa shape index (κ3) is 6.19. The molecule has 0 fully saturated rings. The van der Waals surface area contributed by atoms with Crippen LogP contribution in [0.3, 0.4) is 0 Å². The second kappa shape index (κ2) is 10.3. The summed E-state index contributed by atoms with van der Waals surface area (Å²) in [5.41, 5.74) is 0.910. The molecule has 2 rings (SSSR count). The average Bonchev–Trinajstić information content (AvgIpc) is 2.68. The van der Waals surface area contributed by atoms with Gasteiger partial charge in [0.2, 0.25) is 11.8 Å². The number of nitrogens with zero attached hydrogens (tertiary/aromatic N) is 1. The maximum atomic E-state index is 14.2. The molecule has 0 aliphatic heterocycles. The van der Waals surface area contributed by atoms with Gasteiger partial charge in [-0.05, 0) is 50.6 Å². The van der Waals surface area contributed by atoms with E-state index in [9.17, 15) is 14.0 Å². The van der Waals surface area contributed by atoms with E-state index in [-0.39, 0.29) is 35.5 Å². The zero-order valence-corrected chi connectivity index (χ0v) is 17.8. The van der Waals surface area contributed by atoms with Crippen molar-refractivity contribution in [1.29, 1.82) is 0 Å². The fraction of sp³-hybridized carbons (Fsp3) is 0.364. The molecule has 0 aliphatic carbocycles. The van der Waals surface area contributed by atoms with Gasteiger partial charge in [0.15, 0.2) is 0 Å². The Bertz CT molecular complexity index is 853. The molecule has 1 unspecified atom stereocenters. The molecule has 1 N–H and O–H groups in total. The van der Waals surface area contributed by atoms with Gasteiger partial charge in [0, 0.05) is 23.2 Å². The second-order valence-corrected chi connectivity index (χ2v) is 7.50. The Labute approximate surface area is 175 Å². The highest BCUT2D eigenvalue weighted by Crippen LogP contribution is 2.22. The van der Waals surface area contributed by atoms with Gasteiger partial charge in [-0.2, -0.15) is 0 Å². The standard InChI is InChI=1S/C22H26ClFN2O3/c1-14(2)25-22(28)15(3)26(13-16-7-5-8-17(11-16)29-4)21(27)12-18-19(23)9-6-10-20(18)24/h5-11,14-15H,12-13H2,1-4H3,(H,25,28). The Balaban J connectivity index is 2.32. The van der Waals surface area contributed by atoms with Crippen LogP contribution in [-0.4, -0.2) is 35.9 Å². The van der Waals surface area contributed by atoms with Gasteiger partial charge in [-0.1, -0.05) is 29.8 Å². The first kappa shape index (κ1) is 22.7. The number of benzene rings is 2. The van der Waals surface area contributed by atoms with Crippen LogP contribution in [0.15, 0.2) is 42.5 Å². The van der Waals surface area contributed by atoms with Crippen molar-refractivity contribution in [2.45, 2.75) is 45.8 Å².